The van der Waals surface area contributed by atoms with Gasteiger partial charge in [-0.15, -0.1) is 0 Å². The van der Waals surface area contributed by atoms with Gasteiger partial charge in [-0.2, -0.15) is 5.10 Å². The number of ether oxygens (including phenoxy) is 2. The van der Waals surface area contributed by atoms with Crippen LogP contribution in [0.3, 0.4) is 0 Å². The summed E-state index contributed by atoms with van der Waals surface area (Å²) in [5, 5.41) is 6.01. The van der Waals surface area contributed by atoms with Gasteiger partial charge in [-0.1, -0.05) is 29.8 Å². The first-order chi connectivity index (χ1) is 19.8. The fraction of sp³-hybridized carbons (Fsp3) is 0.345. The Hall–Kier alpha value is -4.03. The highest BCUT2D eigenvalue weighted by Gasteiger charge is 2.25. The molecule has 0 aliphatic carbocycles. The molecule has 0 saturated heterocycles. The molecule has 0 radical (unpaired) electrons. The number of sulfonamides is 1. The predicted octanol–water partition coefficient (Wildman–Crippen LogP) is 4.62. The summed E-state index contributed by atoms with van der Waals surface area (Å²) in [7, 11) is -2.26. The normalized spacial score (nSPS) is 11.6. The predicted molar refractivity (Wildman–Crippen MR) is 162 cm³/mol. The van der Waals surface area contributed by atoms with Gasteiger partial charge in [0.25, 0.3) is 5.91 Å². The number of carbonyl (C=O) groups excluding carboxylic acids is 2. The Morgan fingerprint density at radius 1 is 1.12 bits per heavy atom. The van der Waals surface area contributed by atoms with E-state index < -0.39 is 34.4 Å². The zero-order valence-corrected chi connectivity index (χ0v) is 25.7. The fourth-order valence-corrected chi connectivity index (χ4v) is 5.92. The second-order valence-corrected chi connectivity index (χ2v) is 12.3. The summed E-state index contributed by atoms with van der Waals surface area (Å²) < 4.78 is 39.5. The summed E-state index contributed by atoms with van der Waals surface area (Å²) in [6.45, 7) is 7.58. The van der Waals surface area contributed by atoms with Gasteiger partial charge in [-0.05, 0) is 69.4 Å². The quantitative estimate of drug-likeness (QED) is 0.208. The van der Waals surface area contributed by atoms with Crippen LogP contribution >= 0.6 is 11.6 Å². The molecule has 42 heavy (non-hydrogen) atoms. The molecule has 0 aliphatic rings. The highest BCUT2D eigenvalue weighted by Crippen LogP contribution is 2.35. The Labute approximate surface area is 249 Å². The number of carbonyl (C=O) groups is 2. The smallest absolute Gasteiger partial charge is 0.404 e. The van der Waals surface area contributed by atoms with E-state index in [0.29, 0.717) is 41.3 Å². The lowest BCUT2D eigenvalue weighted by Gasteiger charge is -2.11. The Bertz CT molecular complexity index is 1750. The number of fused-ring (bicyclic) bond motifs is 1. The number of hydrogen-bond donors (Lipinski definition) is 3. The van der Waals surface area contributed by atoms with E-state index in [9.17, 15) is 18.0 Å². The molecule has 0 saturated carbocycles. The van der Waals surface area contributed by atoms with Crippen molar-refractivity contribution in [2.24, 2.45) is 12.8 Å². The Kier molecular flexibility index (Phi) is 9.17. The van der Waals surface area contributed by atoms with Crippen LogP contribution in [0.4, 0.5) is 4.79 Å². The molecule has 0 fully saturated rings. The van der Waals surface area contributed by atoms with E-state index in [-0.39, 0.29) is 5.69 Å². The second kappa shape index (κ2) is 12.5. The summed E-state index contributed by atoms with van der Waals surface area (Å²) in [6, 6.07) is 9.48. The molecular formula is C29H34ClN5O6S. The molecule has 4 rings (SSSR count). The van der Waals surface area contributed by atoms with E-state index in [1.54, 1.807) is 4.68 Å². The maximum Gasteiger partial charge on any atom is 0.404 e. The molecule has 0 atom stereocenters. The van der Waals surface area contributed by atoms with Crippen LogP contribution in [0.5, 0.6) is 5.75 Å². The number of benzene rings is 2. The largest absolute Gasteiger partial charge is 0.494 e. The Balaban J connectivity index is 1.67. The minimum atomic E-state index is -4.13. The highest BCUT2D eigenvalue weighted by atomic mass is 35.5. The lowest BCUT2D eigenvalue weighted by atomic mass is 9.98. The van der Waals surface area contributed by atoms with Crippen molar-refractivity contribution in [2.45, 2.75) is 40.5 Å². The van der Waals surface area contributed by atoms with Crippen molar-refractivity contribution in [3.63, 3.8) is 0 Å². The second-order valence-electron chi connectivity index (χ2n) is 10.1. The summed E-state index contributed by atoms with van der Waals surface area (Å²) in [5.41, 5.74) is 11.7. The van der Waals surface area contributed by atoms with Gasteiger partial charge in [0.2, 0.25) is 10.0 Å². The summed E-state index contributed by atoms with van der Waals surface area (Å²) in [5.74, 6) is -0.749. The number of amides is 2. The van der Waals surface area contributed by atoms with Crippen molar-refractivity contribution in [2.75, 3.05) is 19.0 Å². The van der Waals surface area contributed by atoms with Crippen LogP contribution in [0.2, 0.25) is 5.02 Å². The van der Waals surface area contributed by atoms with Crippen molar-refractivity contribution >= 4 is 44.5 Å². The Morgan fingerprint density at radius 3 is 2.43 bits per heavy atom. The number of hydrogen-bond acceptors (Lipinski definition) is 7. The van der Waals surface area contributed by atoms with Gasteiger partial charge in [0.1, 0.15) is 23.8 Å². The number of H-pyrrole nitrogens is 1. The third-order valence-corrected chi connectivity index (χ3v) is 8.84. The summed E-state index contributed by atoms with van der Waals surface area (Å²) in [4.78, 5) is 27.4. The van der Waals surface area contributed by atoms with Gasteiger partial charge >= 0.3 is 6.09 Å². The van der Waals surface area contributed by atoms with Gasteiger partial charge in [-0.3, -0.25) is 9.48 Å². The van der Waals surface area contributed by atoms with Crippen LogP contribution in [-0.4, -0.2) is 54.1 Å². The van der Waals surface area contributed by atoms with E-state index >= 15 is 0 Å². The molecule has 11 nitrogen and oxygen atoms in total. The minimum absolute atomic E-state index is 0.120. The number of aryl methyl sites for hydroxylation is 5. The van der Waals surface area contributed by atoms with Crippen molar-refractivity contribution in [3.05, 3.63) is 69.1 Å². The molecule has 224 valence electrons. The Morgan fingerprint density at radius 2 is 1.81 bits per heavy atom. The zero-order chi connectivity index (χ0) is 30.8. The van der Waals surface area contributed by atoms with E-state index in [4.69, 9.17) is 22.1 Å². The van der Waals surface area contributed by atoms with E-state index in [0.717, 1.165) is 39.0 Å². The monoisotopic (exact) mass is 615 g/mol. The average molecular weight is 616 g/mol. The van der Waals surface area contributed by atoms with E-state index in [1.807, 2.05) is 65.1 Å². The van der Waals surface area contributed by atoms with Crippen LogP contribution in [0, 0.1) is 27.7 Å². The number of aromatic nitrogens is 3. The number of halogens is 1. The minimum Gasteiger partial charge on any atom is -0.494 e. The van der Waals surface area contributed by atoms with Crippen LogP contribution in [0.25, 0.3) is 22.0 Å². The maximum absolute atomic E-state index is 13.4. The standard InChI is InChI=1S/C29H34ClN5O6S/c1-16-14-20(15-17(2)25(16)30)40-11-7-10-22-21-8-6-9-23(24-18(3)33-35(5)19(24)4)26(21)32-27(22)28(36)34-42(38,39)13-12-41-29(31)37/h6,8-9,14-15,32H,7,10-13H2,1-5H3,(H2,31,37)(H,34,36). The number of nitrogens with two attached hydrogens (primary N) is 1. The average Bonchev–Trinajstić information content (AvgIpc) is 3.40. The fourth-order valence-electron chi connectivity index (χ4n) is 5.02. The first kappa shape index (κ1) is 30.9. The highest BCUT2D eigenvalue weighted by molar-refractivity contribution is 7.90. The molecule has 0 unspecified atom stereocenters. The third kappa shape index (κ3) is 6.71. The van der Waals surface area contributed by atoms with Crippen LogP contribution in [0.1, 0.15) is 45.0 Å². The van der Waals surface area contributed by atoms with Crippen LogP contribution < -0.4 is 15.2 Å². The van der Waals surface area contributed by atoms with Crippen LogP contribution in [0.15, 0.2) is 30.3 Å². The molecule has 2 heterocycles. The molecular weight excluding hydrogens is 582 g/mol. The van der Waals surface area contributed by atoms with Gasteiger partial charge in [-0.25, -0.2) is 17.9 Å². The maximum atomic E-state index is 13.4. The molecule has 4 N–H and O–H groups in total. The number of nitrogens with zero attached hydrogens (tertiary/aromatic N) is 2. The van der Waals surface area contributed by atoms with Crippen molar-refractivity contribution in [1.82, 2.24) is 19.5 Å². The molecule has 0 spiro atoms. The number of rotatable bonds is 11. The molecule has 13 heteroatoms. The van der Waals surface area contributed by atoms with Gasteiger partial charge in [0, 0.05) is 34.3 Å². The van der Waals surface area contributed by atoms with Crippen molar-refractivity contribution in [1.29, 1.82) is 0 Å². The molecule has 2 aromatic heterocycles. The third-order valence-electron chi connectivity index (χ3n) is 7.04. The van der Waals surface area contributed by atoms with E-state index in [1.165, 1.54) is 0 Å². The van der Waals surface area contributed by atoms with Crippen molar-refractivity contribution in [3.8, 4) is 16.9 Å². The van der Waals surface area contributed by atoms with Gasteiger partial charge in [0.05, 0.1) is 17.8 Å². The lowest BCUT2D eigenvalue weighted by Crippen LogP contribution is -2.35. The molecule has 2 amide bonds. The molecule has 0 bridgehead atoms. The number of nitrogens with one attached hydrogen (secondary N) is 2. The lowest BCUT2D eigenvalue weighted by molar-refractivity contribution is 0.0976. The van der Waals surface area contributed by atoms with Crippen molar-refractivity contribution < 1.29 is 27.5 Å². The number of primary amides is 1. The SMILES string of the molecule is Cc1cc(OCCCc2c(C(=O)NS(=O)(=O)CCOC(N)=O)[nH]c3c(-c4c(C)nn(C)c4C)cccc23)cc(C)c1Cl. The molecule has 2 aromatic carbocycles. The first-order valence-corrected chi connectivity index (χ1v) is 15.3. The number of para-hydroxylation sites is 1. The molecule has 4 aromatic rings. The van der Waals surface area contributed by atoms with Crippen LogP contribution in [-0.2, 0) is 28.2 Å². The topological polar surface area (TPSA) is 158 Å². The molecule has 0 aliphatic heterocycles. The van der Waals surface area contributed by atoms with Gasteiger partial charge < -0.3 is 20.2 Å². The number of aromatic amines is 1. The summed E-state index contributed by atoms with van der Waals surface area (Å²) >= 11 is 6.27. The summed E-state index contributed by atoms with van der Waals surface area (Å²) in [6.07, 6.45) is -0.135. The van der Waals surface area contributed by atoms with E-state index in [2.05, 4.69) is 19.5 Å². The first-order valence-electron chi connectivity index (χ1n) is 13.3. The van der Waals surface area contributed by atoms with Gasteiger partial charge in [0.15, 0.2) is 0 Å². The zero-order valence-electron chi connectivity index (χ0n) is 24.1.